The molecule has 0 heterocycles. The van der Waals surface area contributed by atoms with Crippen molar-refractivity contribution in [2.24, 2.45) is 17.6 Å². The molecule has 0 spiro atoms. The van der Waals surface area contributed by atoms with Crippen LogP contribution in [0.5, 0.6) is 5.75 Å². The summed E-state index contributed by atoms with van der Waals surface area (Å²) >= 11 is 0. The number of hydrogen-bond acceptors (Lipinski definition) is 3. The second kappa shape index (κ2) is 7.29. The first-order valence-electron chi connectivity index (χ1n) is 7.44. The molecule has 2 atom stereocenters. The minimum Gasteiger partial charge on any atom is -0.494 e. The van der Waals surface area contributed by atoms with Gasteiger partial charge in [-0.3, -0.25) is 4.79 Å². The van der Waals surface area contributed by atoms with Gasteiger partial charge in [-0.1, -0.05) is 24.6 Å². The van der Waals surface area contributed by atoms with Crippen LogP contribution in [-0.4, -0.2) is 19.1 Å². The van der Waals surface area contributed by atoms with Crippen molar-refractivity contribution in [3.05, 3.63) is 29.8 Å². The first kappa shape index (κ1) is 14.9. The Bertz CT molecular complexity index is 448. The summed E-state index contributed by atoms with van der Waals surface area (Å²) in [4.78, 5) is 12.2. The number of benzene rings is 1. The number of ether oxygens (including phenoxy) is 1. The van der Waals surface area contributed by atoms with Crippen LogP contribution in [0.4, 0.5) is 0 Å². The lowest BCUT2D eigenvalue weighted by atomic mass is 9.95. The van der Waals surface area contributed by atoms with Crippen LogP contribution in [0.3, 0.4) is 0 Å². The lowest BCUT2D eigenvalue weighted by Gasteiger charge is -2.18. The Balaban J connectivity index is 1.93. The van der Waals surface area contributed by atoms with Gasteiger partial charge >= 0.3 is 0 Å². The standard InChI is InChI=1S/C16H24N2O2/c1-2-20-15-9-4-3-6-13(15)11-18-16(19)14-8-5-7-12(14)10-17/h3-4,6,9,12,14H,2,5,7-8,10-11,17H2,1H3,(H,18,19)/t12-,14-/m1/s1. The van der Waals surface area contributed by atoms with Crippen molar-refractivity contribution in [3.63, 3.8) is 0 Å². The van der Waals surface area contributed by atoms with E-state index in [1.807, 2.05) is 31.2 Å². The largest absolute Gasteiger partial charge is 0.494 e. The van der Waals surface area contributed by atoms with Gasteiger partial charge in [0.2, 0.25) is 5.91 Å². The van der Waals surface area contributed by atoms with Crippen molar-refractivity contribution in [2.75, 3.05) is 13.2 Å². The van der Waals surface area contributed by atoms with E-state index in [1.165, 1.54) is 0 Å². The average molecular weight is 276 g/mol. The fourth-order valence-electron chi connectivity index (χ4n) is 2.92. The molecule has 110 valence electrons. The van der Waals surface area contributed by atoms with E-state index in [1.54, 1.807) is 0 Å². The van der Waals surface area contributed by atoms with E-state index >= 15 is 0 Å². The lowest BCUT2D eigenvalue weighted by Crippen LogP contribution is -2.34. The number of nitrogens with one attached hydrogen (secondary N) is 1. The van der Waals surface area contributed by atoms with Crippen molar-refractivity contribution >= 4 is 5.91 Å². The summed E-state index contributed by atoms with van der Waals surface area (Å²) in [6, 6.07) is 7.82. The molecule has 0 bridgehead atoms. The number of carbonyl (C=O) groups is 1. The van der Waals surface area contributed by atoms with Gasteiger partial charge in [-0.25, -0.2) is 0 Å². The van der Waals surface area contributed by atoms with E-state index in [4.69, 9.17) is 10.5 Å². The molecule has 4 nitrogen and oxygen atoms in total. The predicted molar refractivity (Wildman–Crippen MR) is 79.3 cm³/mol. The zero-order valence-corrected chi connectivity index (χ0v) is 12.1. The summed E-state index contributed by atoms with van der Waals surface area (Å²) in [6.45, 7) is 3.71. The number of carbonyl (C=O) groups excluding carboxylic acids is 1. The average Bonchev–Trinajstić information content (AvgIpc) is 2.95. The van der Waals surface area contributed by atoms with Crippen molar-refractivity contribution in [1.82, 2.24) is 5.32 Å². The maximum atomic E-state index is 12.2. The van der Waals surface area contributed by atoms with Crippen LogP contribution in [0.1, 0.15) is 31.7 Å². The monoisotopic (exact) mass is 276 g/mol. The minimum atomic E-state index is 0.0826. The van der Waals surface area contributed by atoms with Crippen LogP contribution in [0, 0.1) is 11.8 Å². The Hall–Kier alpha value is -1.55. The van der Waals surface area contributed by atoms with Gasteiger partial charge in [0, 0.05) is 18.0 Å². The van der Waals surface area contributed by atoms with Crippen molar-refractivity contribution in [3.8, 4) is 5.75 Å². The third-order valence-electron chi connectivity index (χ3n) is 4.02. The van der Waals surface area contributed by atoms with Gasteiger partial charge in [0.15, 0.2) is 0 Å². The molecule has 3 N–H and O–H groups in total. The number of hydrogen-bond donors (Lipinski definition) is 2. The molecule has 0 unspecified atom stereocenters. The summed E-state index contributed by atoms with van der Waals surface area (Å²) in [5, 5.41) is 3.03. The zero-order valence-electron chi connectivity index (χ0n) is 12.1. The van der Waals surface area contributed by atoms with Crippen LogP contribution in [0.15, 0.2) is 24.3 Å². The van der Waals surface area contributed by atoms with Gasteiger partial charge in [0.1, 0.15) is 5.75 Å². The van der Waals surface area contributed by atoms with Gasteiger partial charge in [-0.2, -0.15) is 0 Å². The van der Waals surface area contributed by atoms with Crippen LogP contribution in [0.2, 0.25) is 0 Å². The van der Waals surface area contributed by atoms with Crippen LogP contribution in [0.25, 0.3) is 0 Å². The summed E-state index contributed by atoms with van der Waals surface area (Å²) in [7, 11) is 0. The molecule has 0 aromatic heterocycles. The number of nitrogens with two attached hydrogens (primary N) is 1. The smallest absolute Gasteiger partial charge is 0.223 e. The molecule has 20 heavy (non-hydrogen) atoms. The normalized spacial score (nSPS) is 21.7. The van der Waals surface area contributed by atoms with Gasteiger partial charge < -0.3 is 15.8 Å². The Labute approximate surface area is 120 Å². The van der Waals surface area contributed by atoms with Crippen LogP contribution >= 0.6 is 0 Å². The molecule has 0 radical (unpaired) electrons. The molecular formula is C16H24N2O2. The fraction of sp³-hybridized carbons (Fsp3) is 0.562. The highest BCUT2D eigenvalue weighted by Crippen LogP contribution is 2.31. The highest BCUT2D eigenvalue weighted by Gasteiger charge is 2.31. The number of para-hydroxylation sites is 1. The molecule has 1 aromatic carbocycles. The first-order valence-corrected chi connectivity index (χ1v) is 7.44. The summed E-state index contributed by atoms with van der Waals surface area (Å²) < 4.78 is 5.57. The molecule has 1 aromatic rings. The predicted octanol–water partition coefficient (Wildman–Crippen LogP) is 2.08. The molecule has 1 aliphatic carbocycles. The van der Waals surface area contributed by atoms with Gasteiger partial charge in [0.25, 0.3) is 0 Å². The summed E-state index contributed by atoms with van der Waals surface area (Å²) in [5.41, 5.74) is 6.75. The molecular weight excluding hydrogens is 252 g/mol. The van der Waals surface area contributed by atoms with E-state index in [0.717, 1.165) is 30.6 Å². The van der Waals surface area contributed by atoms with Gasteiger partial charge in [-0.15, -0.1) is 0 Å². The zero-order chi connectivity index (χ0) is 14.4. The van der Waals surface area contributed by atoms with E-state index in [2.05, 4.69) is 5.32 Å². The lowest BCUT2D eigenvalue weighted by molar-refractivity contribution is -0.126. The minimum absolute atomic E-state index is 0.0826. The Morgan fingerprint density at radius 2 is 2.20 bits per heavy atom. The molecule has 1 saturated carbocycles. The van der Waals surface area contributed by atoms with Gasteiger partial charge in [-0.05, 0) is 38.3 Å². The second-order valence-corrected chi connectivity index (χ2v) is 5.29. The molecule has 1 amide bonds. The molecule has 4 heteroatoms. The van der Waals surface area contributed by atoms with Crippen molar-refractivity contribution < 1.29 is 9.53 Å². The van der Waals surface area contributed by atoms with Crippen molar-refractivity contribution in [1.29, 1.82) is 0 Å². The Morgan fingerprint density at radius 1 is 1.40 bits per heavy atom. The van der Waals surface area contributed by atoms with E-state index < -0.39 is 0 Å². The molecule has 1 fully saturated rings. The topological polar surface area (TPSA) is 64.3 Å². The highest BCUT2D eigenvalue weighted by atomic mass is 16.5. The maximum absolute atomic E-state index is 12.2. The Morgan fingerprint density at radius 3 is 2.95 bits per heavy atom. The number of amides is 1. The van der Waals surface area contributed by atoms with E-state index in [-0.39, 0.29) is 11.8 Å². The van der Waals surface area contributed by atoms with E-state index in [0.29, 0.717) is 25.6 Å². The quantitative estimate of drug-likeness (QED) is 0.836. The molecule has 0 aliphatic heterocycles. The molecule has 2 rings (SSSR count). The van der Waals surface area contributed by atoms with Gasteiger partial charge in [0.05, 0.1) is 6.61 Å². The Kier molecular flexibility index (Phi) is 5.41. The fourth-order valence-corrected chi connectivity index (χ4v) is 2.92. The maximum Gasteiger partial charge on any atom is 0.223 e. The van der Waals surface area contributed by atoms with Crippen LogP contribution < -0.4 is 15.8 Å². The first-order chi connectivity index (χ1) is 9.76. The summed E-state index contributed by atoms with van der Waals surface area (Å²) in [6.07, 6.45) is 3.14. The SMILES string of the molecule is CCOc1ccccc1CNC(=O)[C@@H]1CCC[C@@H]1CN. The summed E-state index contributed by atoms with van der Waals surface area (Å²) in [5.74, 6) is 1.40. The second-order valence-electron chi connectivity index (χ2n) is 5.29. The third-order valence-corrected chi connectivity index (χ3v) is 4.02. The number of rotatable bonds is 6. The molecule has 0 saturated heterocycles. The van der Waals surface area contributed by atoms with Crippen molar-refractivity contribution in [2.45, 2.75) is 32.7 Å². The highest BCUT2D eigenvalue weighted by molar-refractivity contribution is 5.79. The van der Waals surface area contributed by atoms with Crippen LogP contribution in [-0.2, 0) is 11.3 Å². The van der Waals surface area contributed by atoms with E-state index in [9.17, 15) is 4.79 Å². The third kappa shape index (κ3) is 3.51. The molecule has 1 aliphatic rings.